The fourth-order valence-electron chi connectivity index (χ4n) is 1.79. The van der Waals surface area contributed by atoms with E-state index in [9.17, 15) is 9.59 Å². The van der Waals surface area contributed by atoms with Crippen molar-refractivity contribution in [2.45, 2.75) is 57.5 Å². The predicted octanol–water partition coefficient (Wildman–Crippen LogP) is 2.12. The molecule has 1 heterocycles. The van der Waals surface area contributed by atoms with Crippen LogP contribution in [-0.2, 0) is 14.3 Å². The van der Waals surface area contributed by atoms with E-state index in [0.717, 1.165) is 38.5 Å². The molecule has 4 heteroatoms. The van der Waals surface area contributed by atoms with Gasteiger partial charge in [0.2, 0.25) is 0 Å². The zero-order chi connectivity index (χ0) is 11.1. The number of carboxylic acid groups (broad SMARTS) is 1. The van der Waals surface area contributed by atoms with Crippen molar-refractivity contribution in [3.63, 3.8) is 0 Å². The third kappa shape index (κ3) is 5.40. The third-order valence-electron chi connectivity index (χ3n) is 2.64. The normalized spacial score (nSPS) is 20.3. The summed E-state index contributed by atoms with van der Waals surface area (Å²) in [5.74, 6) is -0.800. The minimum Gasteiger partial charge on any atom is -0.481 e. The highest BCUT2D eigenvalue weighted by molar-refractivity contribution is 5.71. The van der Waals surface area contributed by atoms with Gasteiger partial charge in [0.1, 0.15) is 6.10 Å². The number of aliphatic carboxylic acids is 1. The molecule has 1 saturated heterocycles. The Labute approximate surface area is 89.6 Å². The molecule has 0 bridgehead atoms. The summed E-state index contributed by atoms with van der Waals surface area (Å²) in [4.78, 5) is 21.0. The van der Waals surface area contributed by atoms with Crippen molar-refractivity contribution in [2.75, 3.05) is 0 Å². The van der Waals surface area contributed by atoms with Crippen LogP contribution in [0.1, 0.15) is 51.4 Å². The Morgan fingerprint density at radius 1 is 1.33 bits per heavy atom. The van der Waals surface area contributed by atoms with Crippen molar-refractivity contribution in [1.29, 1.82) is 0 Å². The Balaban J connectivity index is 1.89. The van der Waals surface area contributed by atoms with E-state index >= 15 is 0 Å². The summed E-state index contributed by atoms with van der Waals surface area (Å²) in [6.07, 6.45) is 6.48. The first-order valence-corrected chi connectivity index (χ1v) is 5.60. The first-order valence-electron chi connectivity index (χ1n) is 5.60. The molecule has 15 heavy (non-hydrogen) atoms. The molecule has 1 atom stereocenters. The van der Waals surface area contributed by atoms with Crippen molar-refractivity contribution in [3.8, 4) is 0 Å². The van der Waals surface area contributed by atoms with Crippen LogP contribution >= 0.6 is 0 Å². The number of hydrogen-bond acceptors (Lipinski definition) is 3. The van der Waals surface area contributed by atoms with Crippen LogP contribution in [0.2, 0.25) is 0 Å². The zero-order valence-corrected chi connectivity index (χ0v) is 8.91. The van der Waals surface area contributed by atoms with Crippen molar-refractivity contribution >= 4 is 11.9 Å². The molecule has 1 rings (SSSR count). The molecule has 0 aliphatic carbocycles. The van der Waals surface area contributed by atoms with Gasteiger partial charge >= 0.3 is 11.9 Å². The van der Waals surface area contributed by atoms with Crippen LogP contribution in [0.4, 0.5) is 0 Å². The van der Waals surface area contributed by atoms with Gasteiger partial charge in [0.25, 0.3) is 0 Å². The van der Waals surface area contributed by atoms with Gasteiger partial charge in [-0.2, -0.15) is 0 Å². The average molecular weight is 214 g/mol. The summed E-state index contributed by atoms with van der Waals surface area (Å²) < 4.78 is 5.07. The highest BCUT2D eigenvalue weighted by atomic mass is 16.5. The van der Waals surface area contributed by atoms with Gasteiger partial charge in [0.05, 0.1) is 0 Å². The van der Waals surface area contributed by atoms with E-state index in [4.69, 9.17) is 9.84 Å². The topological polar surface area (TPSA) is 63.6 Å². The van der Waals surface area contributed by atoms with Crippen LogP contribution in [0.25, 0.3) is 0 Å². The largest absolute Gasteiger partial charge is 0.481 e. The molecule has 1 unspecified atom stereocenters. The maximum absolute atomic E-state index is 10.8. The van der Waals surface area contributed by atoms with Crippen molar-refractivity contribution in [2.24, 2.45) is 0 Å². The molecule has 0 spiro atoms. The Morgan fingerprint density at radius 3 is 2.67 bits per heavy atom. The monoisotopic (exact) mass is 214 g/mol. The molecule has 0 aromatic carbocycles. The second-order valence-corrected chi connectivity index (χ2v) is 4.00. The Kier molecular flexibility index (Phi) is 5.15. The molecule has 0 amide bonds. The number of ether oxygens (including phenoxy) is 1. The maximum Gasteiger partial charge on any atom is 0.306 e. The van der Waals surface area contributed by atoms with Crippen LogP contribution in [0.5, 0.6) is 0 Å². The number of carbonyl (C=O) groups is 2. The number of carboxylic acids is 1. The number of rotatable bonds is 7. The quantitative estimate of drug-likeness (QED) is 0.520. The van der Waals surface area contributed by atoms with E-state index in [0.29, 0.717) is 6.42 Å². The van der Waals surface area contributed by atoms with Crippen molar-refractivity contribution in [1.82, 2.24) is 0 Å². The van der Waals surface area contributed by atoms with Gasteiger partial charge in [-0.05, 0) is 25.7 Å². The van der Waals surface area contributed by atoms with Gasteiger partial charge in [-0.15, -0.1) is 0 Å². The van der Waals surface area contributed by atoms with Gasteiger partial charge in [-0.1, -0.05) is 12.8 Å². The molecule has 1 N–H and O–H groups in total. The molecule has 86 valence electrons. The first-order chi connectivity index (χ1) is 7.18. The van der Waals surface area contributed by atoms with E-state index in [1.165, 1.54) is 0 Å². The molecule has 1 fully saturated rings. The summed E-state index contributed by atoms with van der Waals surface area (Å²) in [5, 5.41) is 8.41. The Hall–Kier alpha value is -1.06. The summed E-state index contributed by atoms with van der Waals surface area (Å²) in [6.45, 7) is 0. The lowest BCUT2D eigenvalue weighted by Gasteiger charge is -2.07. The summed E-state index contributed by atoms with van der Waals surface area (Å²) >= 11 is 0. The van der Waals surface area contributed by atoms with Crippen LogP contribution in [0, 0.1) is 0 Å². The molecule has 0 saturated carbocycles. The van der Waals surface area contributed by atoms with E-state index in [1.807, 2.05) is 0 Å². The standard InChI is InChI=1S/C11H18O4/c12-10(13)6-4-2-1-3-5-9-7-8-11(14)15-9/h9H,1-8H2,(H,12,13). The molecular formula is C11H18O4. The lowest BCUT2D eigenvalue weighted by molar-refractivity contribution is -0.141. The minimum absolute atomic E-state index is 0.0779. The van der Waals surface area contributed by atoms with Crippen molar-refractivity contribution in [3.05, 3.63) is 0 Å². The molecule has 0 aromatic heterocycles. The van der Waals surface area contributed by atoms with Gasteiger partial charge in [-0.3, -0.25) is 9.59 Å². The van der Waals surface area contributed by atoms with Crippen molar-refractivity contribution < 1.29 is 19.4 Å². The second-order valence-electron chi connectivity index (χ2n) is 4.00. The van der Waals surface area contributed by atoms with E-state index in [-0.39, 0.29) is 18.5 Å². The highest BCUT2D eigenvalue weighted by Crippen LogP contribution is 2.19. The third-order valence-corrected chi connectivity index (χ3v) is 2.64. The summed E-state index contributed by atoms with van der Waals surface area (Å²) in [6, 6.07) is 0. The van der Waals surface area contributed by atoms with Crippen LogP contribution in [0.3, 0.4) is 0 Å². The summed E-state index contributed by atoms with van der Waals surface area (Å²) in [7, 11) is 0. The number of cyclic esters (lactones) is 1. The smallest absolute Gasteiger partial charge is 0.306 e. The van der Waals surface area contributed by atoms with Gasteiger partial charge < -0.3 is 9.84 Å². The molecular weight excluding hydrogens is 196 g/mol. The van der Waals surface area contributed by atoms with Crippen LogP contribution in [0.15, 0.2) is 0 Å². The molecule has 0 radical (unpaired) electrons. The lowest BCUT2D eigenvalue weighted by Crippen LogP contribution is -2.06. The fraction of sp³-hybridized carbons (Fsp3) is 0.818. The molecule has 1 aliphatic heterocycles. The Bertz CT molecular complexity index is 225. The van der Waals surface area contributed by atoms with Gasteiger partial charge in [0, 0.05) is 12.8 Å². The zero-order valence-electron chi connectivity index (χ0n) is 8.91. The molecule has 0 aromatic rings. The number of unbranched alkanes of at least 4 members (excludes halogenated alkanes) is 3. The van der Waals surface area contributed by atoms with E-state index in [1.54, 1.807) is 0 Å². The fourth-order valence-corrected chi connectivity index (χ4v) is 1.79. The SMILES string of the molecule is O=C(O)CCCCCCC1CCC(=O)O1. The molecule has 4 nitrogen and oxygen atoms in total. The maximum atomic E-state index is 10.8. The Morgan fingerprint density at radius 2 is 2.07 bits per heavy atom. The minimum atomic E-state index is -0.722. The number of esters is 1. The number of hydrogen-bond donors (Lipinski definition) is 1. The molecule has 1 aliphatic rings. The predicted molar refractivity (Wildman–Crippen MR) is 54.5 cm³/mol. The van der Waals surface area contributed by atoms with Gasteiger partial charge in [-0.25, -0.2) is 0 Å². The van der Waals surface area contributed by atoms with E-state index in [2.05, 4.69) is 0 Å². The number of carbonyl (C=O) groups excluding carboxylic acids is 1. The average Bonchev–Trinajstić information content (AvgIpc) is 2.57. The van der Waals surface area contributed by atoms with Crippen LogP contribution in [-0.4, -0.2) is 23.1 Å². The highest BCUT2D eigenvalue weighted by Gasteiger charge is 2.22. The first kappa shape index (κ1) is 12.0. The summed E-state index contributed by atoms with van der Waals surface area (Å²) in [5.41, 5.74) is 0. The second kappa shape index (κ2) is 6.43. The van der Waals surface area contributed by atoms with Gasteiger partial charge in [0.15, 0.2) is 0 Å². The lowest BCUT2D eigenvalue weighted by atomic mass is 10.1. The van der Waals surface area contributed by atoms with E-state index < -0.39 is 5.97 Å². The van der Waals surface area contributed by atoms with Crippen LogP contribution < -0.4 is 0 Å².